The molecule has 2 aromatic carbocycles. The lowest BCUT2D eigenvalue weighted by atomic mass is 10.1. The van der Waals surface area contributed by atoms with Crippen LogP contribution in [0.2, 0.25) is 5.02 Å². The molecule has 0 bridgehead atoms. The fourth-order valence-electron chi connectivity index (χ4n) is 2.64. The van der Waals surface area contributed by atoms with Crippen LogP contribution in [0.25, 0.3) is 0 Å². The average Bonchev–Trinajstić information content (AvgIpc) is 3.28. The molecule has 5 heteroatoms. The zero-order chi connectivity index (χ0) is 15.7. The van der Waals surface area contributed by atoms with Gasteiger partial charge in [0.05, 0.1) is 11.3 Å². The van der Waals surface area contributed by atoms with E-state index in [0.29, 0.717) is 16.3 Å². The van der Waals surface area contributed by atoms with E-state index in [-0.39, 0.29) is 17.7 Å². The maximum atomic E-state index is 12.3. The Labute approximate surface area is 133 Å². The molecule has 2 atom stereocenters. The number of rotatable bonds is 4. The second kappa shape index (κ2) is 5.81. The second-order valence-electron chi connectivity index (χ2n) is 5.37. The van der Waals surface area contributed by atoms with Crippen molar-refractivity contribution in [1.29, 1.82) is 0 Å². The number of benzene rings is 2. The number of carbonyl (C=O) groups excluding carboxylic acids is 2. The molecule has 1 saturated carbocycles. The molecule has 2 aromatic rings. The van der Waals surface area contributed by atoms with Crippen LogP contribution in [0.3, 0.4) is 0 Å². The molecule has 0 aliphatic heterocycles. The predicted molar refractivity (Wildman–Crippen MR) is 85.9 cm³/mol. The number of halogens is 1. The quantitative estimate of drug-likeness (QED) is 0.909. The fraction of sp³-hybridized carbons (Fsp3) is 0.176. The molecule has 1 aliphatic rings. The molecule has 0 spiro atoms. The van der Waals surface area contributed by atoms with Crippen molar-refractivity contribution in [2.75, 3.05) is 5.32 Å². The summed E-state index contributed by atoms with van der Waals surface area (Å²) in [6, 6.07) is 14.3. The maximum absolute atomic E-state index is 12.3. The Bertz CT molecular complexity index is 745. The monoisotopic (exact) mass is 314 g/mol. The summed E-state index contributed by atoms with van der Waals surface area (Å²) >= 11 is 6.16. The Morgan fingerprint density at radius 3 is 2.50 bits per heavy atom. The first-order valence-corrected chi connectivity index (χ1v) is 7.40. The molecule has 0 saturated heterocycles. The van der Waals surface area contributed by atoms with E-state index in [9.17, 15) is 9.59 Å². The van der Waals surface area contributed by atoms with Gasteiger partial charge in [0.1, 0.15) is 0 Å². The molecular weight excluding hydrogens is 300 g/mol. The van der Waals surface area contributed by atoms with E-state index in [0.717, 1.165) is 12.0 Å². The lowest BCUT2D eigenvalue weighted by molar-refractivity contribution is -0.117. The fourth-order valence-corrected chi connectivity index (χ4v) is 2.91. The largest absolute Gasteiger partial charge is 0.366 e. The minimum Gasteiger partial charge on any atom is -0.366 e. The van der Waals surface area contributed by atoms with E-state index in [1.165, 1.54) is 0 Å². The van der Waals surface area contributed by atoms with Gasteiger partial charge in [-0.05, 0) is 36.1 Å². The third kappa shape index (κ3) is 2.83. The van der Waals surface area contributed by atoms with Gasteiger partial charge in [-0.2, -0.15) is 0 Å². The minimum absolute atomic E-state index is 0.112. The molecule has 1 aliphatic carbocycles. The van der Waals surface area contributed by atoms with Crippen LogP contribution in [0.1, 0.15) is 28.3 Å². The van der Waals surface area contributed by atoms with Gasteiger partial charge in [0, 0.05) is 10.9 Å². The molecule has 3 rings (SSSR count). The molecule has 0 radical (unpaired) electrons. The SMILES string of the molecule is NC(=O)c1ccccc1NC(=O)C1CC1c1ccccc1Cl. The molecule has 0 heterocycles. The smallest absolute Gasteiger partial charge is 0.250 e. The summed E-state index contributed by atoms with van der Waals surface area (Å²) in [5.41, 5.74) is 7.07. The first-order valence-electron chi connectivity index (χ1n) is 7.02. The molecule has 22 heavy (non-hydrogen) atoms. The van der Waals surface area contributed by atoms with Crippen LogP contribution in [0, 0.1) is 5.92 Å². The number of nitrogens with two attached hydrogens (primary N) is 1. The Morgan fingerprint density at radius 2 is 1.77 bits per heavy atom. The first-order chi connectivity index (χ1) is 10.6. The lowest BCUT2D eigenvalue weighted by Crippen LogP contribution is -2.19. The first kappa shape index (κ1) is 14.6. The highest BCUT2D eigenvalue weighted by molar-refractivity contribution is 6.31. The van der Waals surface area contributed by atoms with Gasteiger partial charge in [0.15, 0.2) is 0 Å². The van der Waals surface area contributed by atoms with Gasteiger partial charge >= 0.3 is 0 Å². The van der Waals surface area contributed by atoms with E-state index in [1.54, 1.807) is 24.3 Å². The Kier molecular flexibility index (Phi) is 3.86. The summed E-state index contributed by atoms with van der Waals surface area (Å²) in [5.74, 6) is -0.664. The van der Waals surface area contributed by atoms with Crippen LogP contribution in [0.4, 0.5) is 5.69 Å². The summed E-state index contributed by atoms with van der Waals surface area (Å²) in [5, 5.41) is 3.47. The summed E-state index contributed by atoms with van der Waals surface area (Å²) in [6.45, 7) is 0. The number of hydrogen-bond acceptors (Lipinski definition) is 2. The standard InChI is InChI=1S/C17H15ClN2O2/c18-14-7-3-1-5-10(14)12-9-13(12)17(22)20-15-8-4-2-6-11(15)16(19)21/h1-8,12-13H,9H2,(H2,19,21)(H,20,22). The number of carbonyl (C=O) groups is 2. The lowest BCUT2D eigenvalue weighted by Gasteiger charge is -2.09. The van der Waals surface area contributed by atoms with Crippen LogP contribution in [-0.4, -0.2) is 11.8 Å². The van der Waals surface area contributed by atoms with E-state index in [1.807, 2.05) is 24.3 Å². The number of nitrogens with one attached hydrogen (secondary N) is 1. The molecule has 0 aromatic heterocycles. The van der Waals surface area contributed by atoms with Crippen LogP contribution >= 0.6 is 11.6 Å². The molecular formula is C17H15ClN2O2. The van der Waals surface area contributed by atoms with Gasteiger partial charge in [-0.25, -0.2) is 0 Å². The predicted octanol–water partition coefficient (Wildman–Crippen LogP) is 3.18. The van der Waals surface area contributed by atoms with Crippen molar-refractivity contribution in [3.05, 3.63) is 64.7 Å². The van der Waals surface area contributed by atoms with E-state index < -0.39 is 5.91 Å². The Hall–Kier alpha value is -2.33. The second-order valence-corrected chi connectivity index (χ2v) is 5.78. The average molecular weight is 315 g/mol. The normalized spacial score (nSPS) is 19.5. The van der Waals surface area contributed by atoms with Crippen LogP contribution < -0.4 is 11.1 Å². The molecule has 3 N–H and O–H groups in total. The summed E-state index contributed by atoms with van der Waals surface area (Å²) in [6.07, 6.45) is 0.758. The van der Waals surface area contributed by atoms with Crippen molar-refractivity contribution < 1.29 is 9.59 Å². The van der Waals surface area contributed by atoms with Crippen molar-refractivity contribution >= 4 is 29.1 Å². The summed E-state index contributed by atoms with van der Waals surface area (Å²) in [7, 11) is 0. The number of hydrogen-bond donors (Lipinski definition) is 2. The van der Waals surface area contributed by atoms with Crippen molar-refractivity contribution in [2.45, 2.75) is 12.3 Å². The summed E-state index contributed by atoms with van der Waals surface area (Å²) in [4.78, 5) is 23.7. The van der Waals surface area contributed by atoms with Gasteiger partial charge in [0.25, 0.3) is 5.91 Å². The topological polar surface area (TPSA) is 72.2 Å². The van der Waals surface area contributed by atoms with Gasteiger partial charge in [-0.3, -0.25) is 9.59 Å². The molecule has 2 unspecified atom stereocenters. The van der Waals surface area contributed by atoms with Crippen molar-refractivity contribution in [3.8, 4) is 0 Å². The zero-order valence-electron chi connectivity index (χ0n) is 11.8. The molecule has 112 valence electrons. The van der Waals surface area contributed by atoms with Gasteiger partial charge in [-0.15, -0.1) is 0 Å². The molecule has 2 amide bonds. The number of anilines is 1. The van der Waals surface area contributed by atoms with Gasteiger partial charge in [-0.1, -0.05) is 41.9 Å². The zero-order valence-corrected chi connectivity index (χ0v) is 12.5. The Balaban J connectivity index is 1.73. The third-order valence-electron chi connectivity index (χ3n) is 3.88. The van der Waals surface area contributed by atoms with E-state index in [4.69, 9.17) is 17.3 Å². The van der Waals surface area contributed by atoms with Crippen molar-refractivity contribution in [2.24, 2.45) is 11.7 Å². The minimum atomic E-state index is -0.561. The van der Waals surface area contributed by atoms with Crippen molar-refractivity contribution in [1.82, 2.24) is 0 Å². The van der Waals surface area contributed by atoms with Crippen LogP contribution in [0.5, 0.6) is 0 Å². The highest BCUT2D eigenvalue weighted by atomic mass is 35.5. The third-order valence-corrected chi connectivity index (χ3v) is 4.23. The number of amides is 2. The van der Waals surface area contributed by atoms with Crippen molar-refractivity contribution in [3.63, 3.8) is 0 Å². The Morgan fingerprint density at radius 1 is 1.09 bits per heavy atom. The van der Waals surface area contributed by atoms with Crippen LogP contribution in [-0.2, 0) is 4.79 Å². The van der Waals surface area contributed by atoms with E-state index >= 15 is 0 Å². The van der Waals surface area contributed by atoms with E-state index in [2.05, 4.69) is 5.32 Å². The number of primary amides is 1. The highest BCUT2D eigenvalue weighted by Crippen LogP contribution is 2.50. The van der Waals surface area contributed by atoms with Gasteiger partial charge in [0.2, 0.25) is 5.91 Å². The van der Waals surface area contributed by atoms with Crippen LogP contribution in [0.15, 0.2) is 48.5 Å². The highest BCUT2D eigenvalue weighted by Gasteiger charge is 2.44. The number of para-hydroxylation sites is 1. The molecule has 4 nitrogen and oxygen atoms in total. The maximum Gasteiger partial charge on any atom is 0.250 e. The molecule has 1 fully saturated rings. The van der Waals surface area contributed by atoms with Gasteiger partial charge < -0.3 is 11.1 Å². The summed E-state index contributed by atoms with van der Waals surface area (Å²) < 4.78 is 0.